The molecule has 0 aliphatic heterocycles. The van der Waals surface area contributed by atoms with E-state index in [0.717, 1.165) is 0 Å². The van der Waals surface area contributed by atoms with Crippen molar-refractivity contribution in [2.45, 2.75) is 6.10 Å². The second kappa shape index (κ2) is 10.0. The largest absolute Gasteiger partial charge is 0.496 e. The minimum atomic E-state index is -1.17. The monoisotopic (exact) mass is 405 g/mol. The van der Waals surface area contributed by atoms with Crippen LogP contribution in [0.2, 0.25) is 0 Å². The van der Waals surface area contributed by atoms with Gasteiger partial charge in [0.1, 0.15) is 11.6 Å². The van der Waals surface area contributed by atoms with Crippen molar-refractivity contribution in [3.05, 3.63) is 102 Å². The fourth-order valence-corrected chi connectivity index (χ4v) is 2.76. The molecule has 3 rings (SSSR count). The van der Waals surface area contributed by atoms with E-state index < -0.39 is 23.8 Å². The van der Waals surface area contributed by atoms with Crippen molar-refractivity contribution in [1.82, 2.24) is 0 Å². The number of amides is 1. The summed E-state index contributed by atoms with van der Waals surface area (Å²) in [5.41, 5.74) is 1.60. The van der Waals surface area contributed by atoms with Crippen molar-refractivity contribution in [3.8, 4) is 5.75 Å². The lowest BCUT2D eigenvalue weighted by molar-refractivity contribution is -0.149. The van der Waals surface area contributed by atoms with Crippen LogP contribution in [0.4, 0.5) is 10.1 Å². The van der Waals surface area contributed by atoms with Gasteiger partial charge in [-0.15, -0.1) is 0 Å². The summed E-state index contributed by atoms with van der Waals surface area (Å²) in [7, 11) is 1.54. The quantitative estimate of drug-likeness (QED) is 0.454. The van der Waals surface area contributed by atoms with Crippen LogP contribution >= 0.6 is 0 Å². The lowest BCUT2D eigenvalue weighted by Gasteiger charge is -2.17. The number of carbonyl (C=O) groups is 2. The molecule has 0 aromatic heterocycles. The van der Waals surface area contributed by atoms with Gasteiger partial charge in [0.2, 0.25) is 6.10 Å². The van der Waals surface area contributed by atoms with Crippen molar-refractivity contribution in [2.75, 3.05) is 12.4 Å². The highest BCUT2D eigenvalue weighted by Gasteiger charge is 2.24. The van der Waals surface area contributed by atoms with Crippen LogP contribution in [0.5, 0.6) is 5.75 Å². The number of hydrogen-bond donors (Lipinski definition) is 1. The van der Waals surface area contributed by atoms with Crippen LogP contribution in [0, 0.1) is 5.82 Å². The third-order valence-electron chi connectivity index (χ3n) is 4.22. The van der Waals surface area contributed by atoms with Crippen molar-refractivity contribution in [1.29, 1.82) is 0 Å². The molecular formula is C24H20FNO4. The molecular weight excluding hydrogens is 385 g/mol. The Morgan fingerprint density at radius 1 is 0.933 bits per heavy atom. The van der Waals surface area contributed by atoms with E-state index in [4.69, 9.17) is 9.47 Å². The lowest BCUT2D eigenvalue weighted by atomic mass is 10.1. The van der Waals surface area contributed by atoms with Crippen LogP contribution in [-0.2, 0) is 14.3 Å². The predicted molar refractivity (Wildman–Crippen MR) is 112 cm³/mol. The van der Waals surface area contributed by atoms with Crippen LogP contribution < -0.4 is 10.1 Å². The number of carbonyl (C=O) groups excluding carboxylic acids is 2. The first-order valence-corrected chi connectivity index (χ1v) is 9.20. The third-order valence-corrected chi connectivity index (χ3v) is 4.22. The van der Waals surface area contributed by atoms with E-state index in [2.05, 4.69) is 5.32 Å². The highest BCUT2D eigenvalue weighted by Crippen LogP contribution is 2.22. The number of rotatable bonds is 7. The molecule has 152 valence electrons. The first-order chi connectivity index (χ1) is 14.6. The molecule has 0 aliphatic rings. The normalized spacial score (nSPS) is 11.7. The second-order valence-corrected chi connectivity index (χ2v) is 6.30. The van der Waals surface area contributed by atoms with Crippen molar-refractivity contribution in [2.24, 2.45) is 0 Å². The number of methoxy groups -OCH3 is 1. The smallest absolute Gasteiger partial charge is 0.331 e. The average molecular weight is 405 g/mol. The Bertz CT molecular complexity index is 1030. The van der Waals surface area contributed by atoms with Crippen LogP contribution in [0.25, 0.3) is 6.08 Å². The van der Waals surface area contributed by atoms with Crippen molar-refractivity contribution >= 4 is 23.6 Å². The summed E-state index contributed by atoms with van der Waals surface area (Å²) < 4.78 is 23.8. The topological polar surface area (TPSA) is 64.6 Å². The van der Waals surface area contributed by atoms with E-state index in [1.165, 1.54) is 37.5 Å². The molecule has 0 saturated heterocycles. The summed E-state index contributed by atoms with van der Waals surface area (Å²) in [6.07, 6.45) is 1.62. The van der Waals surface area contributed by atoms with Gasteiger partial charge in [0.15, 0.2) is 0 Å². The minimum absolute atomic E-state index is 0.392. The third kappa shape index (κ3) is 5.54. The Morgan fingerprint density at radius 3 is 2.30 bits per heavy atom. The second-order valence-electron chi connectivity index (χ2n) is 6.30. The maximum absolute atomic E-state index is 13.1. The van der Waals surface area contributed by atoms with Gasteiger partial charge in [-0.05, 0) is 36.4 Å². The van der Waals surface area contributed by atoms with E-state index >= 15 is 0 Å². The van der Waals surface area contributed by atoms with Gasteiger partial charge in [0.25, 0.3) is 5.91 Å². The van der Waals surface area contributed by atoms with Crippen LogP contribution in [0.1, 0.15) is 17.2 Å². The lowest BCUT2D eigenvalue weighted by Crippen LogP contribution is -2.25. The Morgan fingerprint density at radius 2 is 1.60 bits per heavy atom. The highest BCUT2D eigenvalue weighted by molar-refractivity contribution is 5.97. The number of benzene rings is 3. The molecule has 0 bridgehead atoms. The zero-order valence-electron chi connectivity index (χ0n) is 16.2. The Hall–Kier alpha value is -3.93. The van der Waals surface area contributed by atoms with Crippen molar-refractivity contribution < 1.29 is 23.5 Å². The van der Waals surface area contributed by atoms with Gasteiger partial charge in [0, 0.05) is 22.9 Å². The molecule has 0 radical (unpaired) electrons. The van der Waals surface area contributed by atoms with Crippen LogP contribution in [0.15, 0.2) is 84.9 Å². The van der Waals surface area contributed by atoms with E-state index in [-0.39, 0.29) is 0 Å². The summed E-state index contributed by atoms with van der Waals surface area (Å²) in [6.45, 7) is 0. The molecule has 0 fully saturated rings. The molecule has 1 amide bonds. The fraction of sp³-hybridized carbons (Fsp3) is 0.0833. The average Bonchev–Trinajstić information content (AvgIpc) is 2.78. The molecule has 1 atom stereocenters. The molecule has 0 heterocycles. The zero-order chi connectivity index (χ0) is 21.3. The molecule has 0 spiro atoms. The van der Waals surface area contributed by atoms with Crippen LogP contribution in [0.3, 0.4) is 0 Å². The van der Waals surface area contributed by atoms with E-state index in [1.54, 1.807) is 48.5 Å². The molecule has 0 aliphatic carbocycles. The predicted octanol–water partition coefficient (Wildman–Crippen LogP) is 4.77. The number of anilines is 1. The molecule has 3 aromatic carbocycles. The number of halogens is 1. The Labute approximate surface area is 173 Å². The molecule has 0 unspecified atom stereocenters. The van der Waals surface area contributed by atoms with Gasteiger partial charge in [0.05, 0.1) is 7.11 Å². The number of ether oxygens (including phenoxy) is 2. The molecule has 0 saturated carbocycles. The first-order valence-electron chi connectivity index (χ1n) is 9.20. The van der Waals surface area contributed by atoms with E-state index in [0.29, 0.717) is 22.6 Å². The first kappa shape index (κ1) is 20.8. The van der Waals surface area contributed by atoms with Gasteiger partial charge in [-0.1, -0.05) is 48.5 Å². The fourth-order valence-electron chi connectivity index (χ4n) is 2.76. The maximum atomic E-state index is 13.1. The summed E-state index contributed by atoms with van der Waals surface area (Å²) in [4.78, 5) is 25.2. The molecule has 30 heavy (non-hydrogen) atoms. The van der Waals surface area contributed by atoms with Crippen molar-refractivity contribution in [3.63, 3.8) is 0 Å². The number of hydrogen-bond acceptors (Lipinski definition) is 4. The van der Waals surface area contributed by atoms with Gasteiger partial charge < -0.3 is 14.8 Å². The summed E-state index contributed by atoms with van der Waals surface area (Å²) in [6, 6.07) is 21.2. The van der Waals surface area contributed by atoms with Gasteiger partial charge in [-0.2, -0.15) is 0 Å². The summed E-state index contributed by atoms with van der Waals surface area (Å²) >= 11 is 0. The molecule has 5 nitrogen and oxygen atoms in total. The Balaban J connectivity index is 1.77. The number of nitrogens with one attached hydrogen (secondary N) is 1. The van der Waals surface area contributed by atoms with Crippen LogP contribution in [-0.4, -0.2) is 19.0 Å². The zero-order valence-corrected chi connectivity index (χ0v) is 16.2. The molecule has 3 aromatic rings. The number of esters is 1. The number of para-hydroxylation sites is 1. The Kier molecular flexibility index (Phi) is 6.95. The van der Waals surface area contributed by atoms with E-state index in [9.17, 15) is 14.0 Å². The highest BCUT2D eigenvalue weighted by atomic mass is 19.1. The maximum Gasteiger partial charge on any atom is 0.331 e. The summed E-state index contributed by atoms with van der Waals surface area (Å²) in [5, 5.41) is 2.64. The molecule has 1 N–H and O–H groups in total. The minimum Gasteiger partial charge on any atom is -0.496 e. The van der Waals surface area contributed by atoms with E-state index in [1.807, 2.05) is 12.1 Å². The molecule has 6 heteroatoms. The van der Waals surface area contributed by atoms with Gasteiger partial charge >= 0.3 is 5.97 Å². The van der Waals surface area contributed by atoms with Gasteiger partial charge in [-0.3, -0.25) is 4.79 Å². The SMILES string of the molecule is COc1ccccc1/C=C/C(=O)O[C@H](C(=O)Nc1ccc(F)cc1)c1ccccc1. The standard InChI is InChI=1S/C24H20FNO4/c1-29-21-10-6-5-7-17(21)11-16-22(27)30-23(18-8-3-2-4-9-18)24(28)26-20-14-12-19(25)13-15-20/h2-16,23H,1H3,(H,26,28)/b16-11+/t23-/m0/s1. The van der Waals surface area contributed by atoms with Gasteiger partial charge in [-0.25, -0.2) is 9.18 Å². The summed E-state index contributed by atoms with van der Waals surface area (Å²) in [5.74, 6) is -1.05.